The number of benzene rings is 1. The van der Waals surface area contributed by atoms with Crippen LogP contribution in [0.25, 0.3) is 0 Å². The number of piperazine rings is 1. The Bertz CT molecular complexity index is 723. The van der Waals surface area contributed by atoms with Crippen molar-refractivity contribution >= 4 is 23.2 Å². The maximum Gasteiger partial charge on any atom is 0.241 e. The normalized spacial score (nSPS) is 14.3. The molecule has 1 aliphatic rings. The highest BCUT2D eigenvalue weighted by Crippen LogP contribution is 2.13. The first-order chi connectivity index (χ1) is 12.1. The zero-order chi connectivity index (χ0) is 17.6. The van der Waals surface area contributed by atoms with Crippen LogP contribution in [0, 0.1) is 0 Å². The van der Waals surface area contributed by atoms with Gasteiger partial charge in [-0.15, -0.1) is 0 Å². The molecule has 1 aromatic heterocycles. The van der Waals surface area contributed by atoms with Crippen LogP contribution in [0.15, 0.2) is 48.7 Å². The molecule has 2 aromatic rings. The van der Waals surface area contributed by atoms with Crippen LogP contribution in [-0.2, 0) is 4.79 Å². The van der Waals surface area contributed by atoms with E-state index in [-0.39, 0.29) is 18.2 Å². The minimum Gasteiger partial charge on any atom is -0.376 e. The molecule has 25 heavy (non-hydrogen) atoms. The fourth-order valence-electron chi connectivity index (χ4n) is 2.84. The summed E-state index contributed by atoms with van der Waals surface area (Å²) in [5.41, 5.74) is 1.51. The largest absolute Gasteiger partial charge is 0.376 e. The molecule has 0 atom stereocenters. The van der Waals surface area contributed by atoms with Crippen LogP contribution in [0.5, 0.6) is 0 Å². The summed E-state index contributed by atoms with van der Waals surface area (Å²) in [7, 11) is 0. The van der Waals surface area contributed by atoms with E-state index in [1.165, 1.54) is 6.92 Å². The number of ketones is 1. The highest BCUT2D eigenvalue weighted by Gasteiger charge is 2.21. The fourth-order valence-corrected chi connectivity index (χ4v) is 2.84. The van der Waals surface area contributed by atoms with Crippen molar-refractivity contribution in [2.45, 2.75) is 6.92 Å². The molecule has 0 spiro atoms. The molecule has 1 saturated heterocycles. The second-order valence-corrected chi connectivity index (χ2v) is 6.04. The lowest BCUT2D eigenvalue weighted by atomic mass is 10.1. The number of anilines is 2. The third kappa shape index (κ3) is 4.35. The van der Waals surface area contributed by atoms with Crippen molar-refractivity contribution in [2.24, 2.45) is 0 Å². The second kappa shape index (κ2) is 7.79. The molecule has 6 nitrogen and oxygen atoms in total. The number of carbonyl (C=O) groups is 2. The van der Waals surface area contributed by atoms with Gasteiger partial charge in [0, 0.05) is 43.6 Å². The van der Waals surface area contributed by atoms with Crippen LogP contribution in [0.2, 0.25) is 0 Å². The average molecular weight is 338 g/mol. The summed E-state index contributed by atoms with van der Waals surface area (Å²) >= 11 is 0. The minimum absolute atomic E-state index is 0.0356. The summed E-state index contributed by atoms with van der Waals surface area (Å²) in [6.45, 7) is 4.76. The lowest BCUT2D eigenvalue weighted by Crippen LogP contribution is -2.50. The lowest BCUT2D eigenvalue weighted by Gasteiger charge is -2.35. The molecule has 1 N–H and O–H groups in total. The van der Waals surface area contributed by atoms with Gasteiger partial charge in [0.1, 0.15) is 5.82 Å². The molecule has 0 unspecified atom stereocenters. The quantitative estimate of drug-likeness (QED) is 0.845. The van der Waals surface area contributed by atoms with Gasteiger partial charge < -0.3 is 15.1 Å². The molecule has 0 aliphatic carbocycles. The van der Waals surface area contributed by atoms with Crippen molar-refractivity contribution < 1.29 is 9.59 Å². The Morgan fingerprint density at radius 1 is 1.04 bits per heavy atom. The highest BCUT2D eigenvalue weighted by atomic mass is 16.2. The Balaban J connectivity index is 1.47. The molecule has 1 aliphatic heterocycles. The number of aromatic nitrogens is 1. The van der Waals surface area contributed by atoms with Gasteiger partial charge in [-0.1, -0.05) is 6.07 Å². The molecule has 0 radical (unpaired) electrons. The van der Waals surface area contributed by atoms with Crippen LogP contribution in [0.1, 0.15) is 17.3 Å². The number of pyridine rings is 1. The first-order valence-corrected chi connectivity index (χ1v) is 8.42. The third-order valence-corrected chi connectivity index (χ3v) is 4.34. The Hall–Kier alpha value is -2.89. The van der Waals surface area contributed by atoms with E-state index in [4.69, 9.17) is 0 Å². The zero-order valence-electron chi connectivity index (χ0n) is 14.3. The Kier molecular flexibility index (Phi) is 5.28. The molecule has 1 fully saturated rings. The number of carbonyl (C=O) groups excluding carboxylic acids is 2. The first kappa shape index (κ1) is 17.0. The average Bonchev–Trinajstić information content (AvgIpc) is 2.67. The van der Waals surface area contributed by atoms with E-state index in [2.05, 4.69) is 15.2 Å². The van der Waals surface area contributed by atoms with Gasteiger partial charge in [0.2, 0.25) is 5.91 Å². The molecular weight excluding hydrogens is 316 g/mol. The van der Waals surface area contributed by atoms with Gasteiger partial charge in [0.25, 0.3) is 0 Å². The van der Waals surface area contributed by atoms with Gasteiger partial charge in [-0.05, 0) is 43.3 Å². The summed E-state index contributed by atoms with van der Waals surface area (Å²) in [6, 6.07) is 13.0. The molecule has 1 aromatic carbocycles. The standard InChI is InChI=1S/C19H22N4O2/c1-15(24)16-5-7-17(8-6-16)21-14-19(25)23-12-10-22(11-13-23)18-4-2-3-9-20-18/h2-9,21H,10-14H2,1H3. The van der Waals surface area contributed by atoms with Gasteiger partial charge in [0.05, 0.1) is 6.54 Å². The van der Waals surface area contributed by atoms with Crippen molar-refractivity contribution in [2.75, 3.05) is 42.9 Å². The molecule has 2 heterocycles. The van der Waals surface area contributed by atoms with Crippen LogP contribution >= 0.6 is 0 Å². The summed E-state index contributed by atoms with van der Waals surface area (Å²) < 4.78 is 0. The van der Waals surface area contributed by atoms with E-state index in [0.29, 0.717) is 18.7 Å². The molecule has 3 rings (SSSR count). The summed E-state index contributed by atoms with van der Waals surface area (Å²) in [5, 5.41) is 3.12. The molecule has 6 heteroatoms. The van der Waals surface area contributed by atoms with Gasteiger partial charge in [-0.25, -0.2) is 4.98 Å². The van der Waals surface area contributed by atoms with E-state index >= 15 is 0 Å². The van der Waals surface area contributed by atoms with Gasteiger partial charge in [-0.2, -0.15) is 0 Å². The third-order valence-electron chi connectivity index (χ3n) is 4.34. The highest BCUT2D eigenvalue weighted by molar-refractivity contribution is 5.94. The number of nitrogens with zero attached hydrogens (tertiary/aromatic N) is 3. The maximum absolute atomic E-state index is 12.4. The van der Waals surface area contributed by atoms with Crippen molar-refractivity contribution in [1.29, 1.82) is 0 Å². The van der Waals surface area contributed by atoms with Crippen LogP contribution < -0.4 is 10.2 Å². The Morgan fingerprint density at radius 3 is 2.36 bits per heavy atom. The number of rotatable bonds is 5. The number of hydrogen-bond donors (Lipinski definition) is 1. The van der Waals surface area contributed by atoms with Crippen molar-refractivity contribution in [1.82, 2.24) is 9.88 Å². The predicted molar refractivity (Wildman–Crippen MR) is 98.0 cm³/mol. The Labute approximate surface area is 147 Å². The van der Waals surface area contributed by atoms with Crippen LogP contribution in [-0.4, -0.2) is 54.3 Å². The molecule has 1 amide bonds. The van der Waals surface area contributed by atoms with Crippen molar-refractivity contribution in [3.63, 3.8) is 0 Å². The predicted octanol–water partition coefficient (Wildman–Crippen LogP) is 2.04. The van der Waals surface area contributed by atoms with Crippen LogP contribution in [0.4, 0.5) is 11.5 Å². The van der Waals surface area contributed by atoms with Crippen molar-refractivity contribution in [3.05, 3.63) is 54.2 Å². The first-order valence-electron chi connectivity index (χ1n) is 8.42. The van der Waals surface area contributed by atoms with E-state index in [9.17, 15) is 9.59 Å². The van der Waals surface area contributed by atoms with E-state index < -0.39 is 0 Å². The zero-order valence-corrected chi connectivity index (χ0v) is 14.3. The van der Waals surface area contributed by atoms with Gasteiger partial charge >= 0.3 is 0 Å². The topological polar surface area (TPSA) is 65.5 Å². The summed E-state index contributed by atoms with van der Waals surface area (Å²) in [4.78, 5) is 32.1. The van der Waals surface area contributed by atoms with E-state index in [0.717, 1.165) is 24.6 Å². The number of Topliss-reactive ketones (excluding diaryl/α,β-unsaturated/α-hetero) is 1. The molecule has 130 valence electrons. The van der Waals surface area contributed by atoms with Crippen LogP contribution in [0.3, 0.4) is 0 Å². The number of nitrogens with one attached hydrogen (secondary N) is 1. The SMILES string of the molecule is CC(=O)c1ccc(NCC(=O)N2CCN(c3ccccn3)CC2)cc1. The molecular formula is C19H22N4O2. The van der Waals surface area contributed by atoms with Crippen molar-refractivity contribution in [3.8, 4) is 0 Å². The Morgan fingerprint density at radius 2 is 1.76 bits per heavy atom. The number of amides is 1. The van der Waals surface area contributed by atoms with Gasteiger partial charge in [0.15, 0.2) is 5.78 Å². The fraction of sp³-hybridized carbons (Fsp3) is 0.316. The summed E-state index contributed by atoms with van der Waals surface area (Å²) in [6.07, 6.45) is 1.79. The van der Waals surface area contributed by atoms with E-state index in [1.807, 2.05) is 35.2 Å². The van der Waals surface area contributed by atoms with E-state index in [1.54, 1.807) is 18.3 Å². The number of hydrogen-bond acceptors (Lipinski definition) is 5. The molecule has 0 saturated carbocycles. The smallest absolute Gasteiger partial charge is 0.241 e. The monoisotopic (exact) mass is 338 g/mol. The van der Waals surface area contributed by atoms with Gasteiger partial charge in [-0.3, -0.25) is 9.59 Å². The molecule has 0 bridgehead atoms. The minimum atomic E-state index is 0.0356. The second-order valence-electron chi connectivity index (χ2n) is 6.04. The summed E-state index contributed by atoms with van der Waals surface area (Å²) in [5.74, 6) is 1.07. The lowest BCUT2D eigenvalue weighted by molar-refractivity contribution is -0.129. The maximum atomic E-state index is 12.4.